The van der Waals surface area contributed by atoms with Gasteiger partial charge in [-0.1, -0.05) is 36.4 Å². The highest BCUT2D eigenvalue weighted by atomic mass is 16.5. The lowest BCUT2D eigenvalue weighted by atomic mass is 10.1. The predicted molar refractivity (Wildman–Crippen MR) is 116 cm³/mol. The number of hydrogen-bond donors (Lipinski definition) is 3. The number of aromatic nitrogens is 2. The third kappa shape index (κ3) is 4.92. The predicted octanol–water partition coefficient (Wildman–Crippen LogP) is 3.63. The van der Waals surface area contributed by atoms with E-state index in [9.17, 15) is 0 Å². The maximum atomic E-state index is 5.83. The zero-order chi connectivity index (χ0) is 20.1. The largest absolute Gasteiger partial charge is 0.381 e. The van der Waals surface area contributed by atoms with Crippen LogP contribution in [0.4, 0.5) is 5.82 Å². The molecule has 0 bridgehead atoms. The highest BCUT2D eigenvalue weighted by Crippen LogP contribution is 2.22. The van der Waals surface area contributed by atoms with Gasteiger partial charge in [-0.2, -0.15) is 0 Å². The van der Waals surface area contributed by atoms with Crippen LogP contribution in [0.1, 0.15) is 24.0 Å². The van der Waals surface area contributed by atoms with Gasteiger partial charge < -0.3 is 20.7 Å². The summed E-state index contributed by atoms with van der Waals surface area (Å²) in [6, 6.07) is 12.3. The van der Waals surface area contributed by atoms with Gasteiger partial charge in [0.05, 0.1) is 0 Å². The van der Waals surface area contributed by atoms with Gasteiger partial charge in [0.1, 0.15) is 18.7 Å². The summed E-state index contributed by atoms with van der Waals surface area (Å²) in [5, 5.41) is 10.1. The number of rotatable bonds is 6. The van der Waals surface area contributed by atoms with Gasteiger partial charge in [-0.3, -0.25) is 0 Å². The van der Waals surface area contributed by atoms with Gasteiger partial charge in [0.15, 0.2) is 5.82 Å². The van der Waals surface area contributed by atoms with E-state index in [0.717, 1.165) is 35.0 Å². The van der Waals surface area contributed by atoms with E-state index < -0.39 is 0 Å². The third-order valence-corrected chi connectivity index (χ3v) is 4.69. The standard InChI is InChI=1S/C23H25N5O/c1-16-14-25-20(18-8-4-3-5-9-18)13-19(16)27-21-12-17(2)26-22(28-21)15-29-23-10-6-7-11-24-23/h3-13,23-25H,14-15H2,1-2H3,(H,26,27,28). The molecule has 0 spiro atoms. The van der Waals surface area contributed by atoms with Crippen LogP contribution in [0.25, 0.3) is 5.70 Å². The molecule has 1 unspecified atom stereocenters. The molecular formula is C23H25N5O. The Labute approximate surface area is 171 Å². The van der Waals surface area contributed by atoms with Gasteiger partial charge in [0.2, 0.25) is 0 Å². The Bertz CT molecular complexity index is 992. The smallest absolute Gasteiger partial charge is 0.156 e. The van der Waals surface area contributed by atoms with E-state index in [0.29, 0.717) is 12.4 Å². The normalized spacial score (nSPS) is 18.1. The first-order valence-electron chi connectivity index (χ1n) is 9.71. The molecule has 6 heteroatoms. The van der Waals surface area contributed by atoms with Gasteiger partial charge in [-0.05, 0) is 49.4 Å². The van der Waals surface area contributed by atoms with Crippen LogP contribution in [0, 0.1) is 6.92 Å². The van der Waals surface area contributed by atoms with E-state index in [4.69, 9.17) is 4.74 Å². The average Bonchev–Trinajstić information content (AvgIpc) is 2.75. The Balaban J connectivity index is 1.49. The number of hydrogen-bond acceptors (Lipinski definition) is 6. The molecule has 0 radical (unpaired) electrons. The first-order chi connectivity index (χ1) is 14.2. The molecule has 2 aromatic rings. The Hall–Kier alpha value is -3.38. The van der Waals surface area contributed by atoms with Crippen LogP contribution in [-0.2, 0) is 11.3 Å². The highest BCUT2D eigenvalue weighted by molar-refractivity contribution is 5.70. The van der Waals surface area contributed by atoms with Crippen molar-refractivity contribution >= 4 is 11.5 Å². The minimum absolute atomic E-state index is 0.161. The molecule has 0 saturated heterocycles. The van der Waals surface area contributed by atoms with Crippen molar-refractivity contribution < 1.29 is 4.74 Å². The van der Waals surface area contributed by atoms with Crippen molar-refractivity contribution in [1.82, 2.24) is 20.6 Å². The first kappa shape index (κ1) is 19.0. The lowest BCUT2D eigenvalue weighted by Gasteiger charge is -2.21. The van der Waals surface area contributed by atoms with Crippen molar-refractivity contribution in [2.75, 3.05) is 11.9 Å². The molecule has 0 amide bonds. The van der Waals surface area contributed by atoms with E-state index in [1.807, 2.05) is 55.6 Å². The molecule has 2 aliphatic heterocycles. The van der Waals surface area contributed by atoms with Crippen molar-refractivity contribution in [1.29, 1.82) is 0 Å². The van der Waals surface area contributed by atoms with Crippen LogP contribution < -0.4 is 16.0 Å². The number of anilines is 1. The zero-order valence-corrected chi connectivity index (χ0v) is 16.6. The molecule has 3 heterocycles. The number of allylic oxidation sites excluding steroid dienone is 3. The fourth-order valence-corrected chi connectivity index (χ4v) is 3.18. The van der Waals surface area contributed by atoms with Crippen molar-refractivity contribution in [2.24, 2.45) is 0 Å². The lowest BCUT2D eigenvalue weighted by molar-refractivity contribution is 0.0539. The second-order valence-corrected chi connectivity index (χ2v) is 7.05. The molecule has 0 aliphatic carbocycles. The van der Waals surface area contributed by atoms with Crippen LogP contribution in [-0.4, -0.2) is 22.7 Å². The molecular weight excluding hydrogens is 362 g/mol. The summed E-state index contributed by atoms with van der Waals surface area (Å²) in [4.78, 5) is 9.15. The molecule has 1 aromatic heterocycles. The number of nitrogens with zero attached hydrogens (tertiary/aromatic N) is 2. The van der Waals surface area contributed by atoms with E-state index in [2.05, 4.69) is 51.1 Å². The second-order valence-electron chi connectivity index (χ2n) is 7.05. The second kappa shape index (κ2) is 8.75. The molecule has 0 saturated carbocycles. The number of dihydropyridines is 2. The van der Waals surface area contributed by atoms with Gasteiger partial charge in [-0.25, -0.2) is 9.97 Å². The Morgan fingerprint density at radius 2 is 2.00 bits per heavy atom. The number of benzene rings is 1. The molecule has 0 fully saturated rings. The Morgan fingerprint density at radius 1 is 1.14 bits per heavy atom. The minimum Gasteiger partial charge on any atom is -0.381 e. The van der Waals surface area contributed by atoms with Gasteiger partial charge in [0, 0.05) is 29.7 Å². The highest BCUT2D eigenvalue weighted by Gasteiger charge is 2.13. The van der Waals surface area contributed by atoms with Gasteiger partial charge in [-0.15, -0.1) is 0 Å². The fraction of sp³-hybridized carbons (Fsp3) is 0.217. The minimum atomic E-state index is -0.161. The average molecular weight is 387 g/mol. The summed E-state index contributed by atoms with van der Waals surface area (Å²) in [6.45, 7) is 5.19. The molecule has 148 valence electrons. The van der Waals surface area contributed by atoms with E-state index in [-0.39, 0.29) is 6.23 Å². The van der Waals surface area contributed by atoms with Gasteiger partial charge in [0.25, 0.3) is 0 Å². The van der Waals surface area contributed by atoms with Crippen LogP contribution >= 0.6 is 0 Å². The number of nitrogens with one attached hydrogen (secondary N) is 3. The Kier molecular flexibility index (Phi) is 5.72. The van der Waals surface area contributed by atoms with Crippen molar-refractivity contribution in [3.63, 3.8) is 0 Å². The molecule has 6 nitrogen and oxygen atoms in total. The molecule has 2 aliphatic rings. The van der Waals surface area contributed by atoms with Crippen molar-refractivity contribution in [2.45, 2.75) is 26.7 Å². The number of ether oxygens (including phenoxy) is 1. The summed E-state index contributed by atoms with van der Waals surface area (Å²) in [6.07, 6.45) is 9.66. The Morgan fingerprint density at radius 3 is 2.79 bits per heavy atom. The van der Waals surface area contributed by atoms with E-state index in [1.54, 1.807) is 0 Å². The quantitative estimate of drug-likeness (QED) is 0.703. The summed E-state index contributed by atoms with van der Waals surface area (Å²) in [5.41, 5.74) is 5.43. The van der Waals surface area contributed by atoms with Crippen LogP contribution in [0.15, 0.2) is 78.2 Å². The van der Waals surface area contributed by atoms with E-state index >= 15 is 0 Å². The maximum absolute atomic E-state index is 5.83. The fourth-order valence-electron chi connectivity index (χ4n) is 3.18. The first-order valence-corrected chi connectivity index (χ1v) is 9.71. The van der Waals surface area contributed by atoms with Crippen LogP contribution in [0.5, 0.6) is 0 Å². The summed E-state index contributed by atoms with van der Waals surface area (Å²) >= 11 is 0. The SMILES string of the molecule is CC1=C(Nc2cc(C)nc(COC3C=CC=CN3)n2)C=C(c2ccccc2)NC1. The van der Waals surface area contributed by atoms with Crippen LogP contribution in [0.2, 0.25) is 0 Å². The molecule has 1 atom stereocenters. The zero-order valence-electron chi connectivity index (χ0n) is 16.6. The molecule has 1 aromatic carbocycles. The monoisotopic (exact) mass is 387 g/mol. The molecule has 4 rings (SSSR count). The topological polar surface area (TPSA) is 71.1 Å². The summed E-state index contributed by atoms with van der Waals surface area (Å²) in [7, 11) is 0. The van der Waals surface area contributed by atoms with Crippen molar-refractivity contribution in [3.8, 4) is 0 Å². The summed E-state index contributed by atoms with van der Waals surface area (Å²) in [5.74, 6) is 1.42. The number of aryl methyl sites for hydroxylation is 1. The molecule has 29 heavy (non-hydrogen) atoms. The summed E-state index contributed by atoms with van der Waals surface area (Å²) < 4.78 is 5.83. The molecule has 3 N–H and O–H groups in total. The van der Waals surface area contributed by atoms with Crippen LogP contribution in [0.3, 0.4) is 0 Å². The van der Waals surface area contributed by atoms with E-state index in [1.165, 1.54) is 5.57 Å². The maximum Gasteiger partial charge on any atom is 0.156 e. The van der Waals surface area contributed by atoms with Gasteiger partial charge >= 0.3 is 0 Å². The lowest BCUT2D eigenvalue weighted by Crippen LogP contribution is -2.27. The third-order valence-electron chi connectivity index (χ3n) is 4.69. The van der Waals surface area contributed by atoms with Crippen molar-refractivity contribution in [3.05, 3.63) is 95.3 Å².